The van der Waals surface area contributed by atoms with Gasteiger partial charge in [-0.15, -0.1) is 0 Å². The summed E-state index contributed by atoms with van der Waals surface area (Å²) in [5.74, 6) is 0. The molecule has 0 radical (unpaired) electrons. The maximum Gasteiger partial charge on any atom is 0.265 e. The summed E-state index contributed by atoms with van der Waals surface area (Å²) in [5.41, 5.74) is 6.79. The van der Waals surface area contributed by atoms with E-state index >= 15 is 0 Å². The molecule has 0 saturated carbocycles. The van der Waals surface area contributed by atoms with Crippen LogP contribution in [0.2, 0.25) is 5.02 Å². The van der Waals surface area contributed by atoms with Gasteiger partial charge in [-0.3, -0.25) is 4.31 Å². The highest BCUT2D eigenvalue weighted by Crippen LogP contribution is 2.30. The van der Waals surface area contributed by atoms with E-state index in [4.69, 9.17) is 22.6 Å². The number of nitrogens with two attached hydrogens (primary N) is 1. The largest absolute Gasteiger partial charge is 0.397 e. The van der Waals surface area contributed by atoms with Gasteiger partial charge in [0.2, 0.25) is 0 Å². The van der Waals surface area contributed by atoms with Crippen LogP contribution < -0.4 is 10.0 Å². The van der Waals surface area contributed by atoms with Crippen LogP contribution >= 0.6 is 11.6 Å². The van der Waals surface area contributed by atoms with Crippen molar-refractivity contribution in [2.45, 2.75) is 4.90 Å². The van der Waals surface area contributed by atoms with Crippen molar-refractivity contribution in [2.75, 3.05) is 17.1 Å². The average molecular weight is 322 g/mol. The molecule has 21 heavy (non-hydrogen) atoms. The van der Waals surface area contributed by atoms with Crippen molar-refractivity contribution in [3.8, 4) is 6.07 Å². The number of benzene rings is 2. The van der Waals surface area contributed by atoms with Crippen molar-refractivity contribution in [1.29, 1.82) is 5.26 Å². The fraction of sp³-hybridized carbons (Fsp3) is 0.0714. The number of hydrogen-bond donors (Lipinski definition) is 1. The van der Waals surface area contributed by atoms with E-state index < -0.39 is 10.0 Å². The minimum Gasteiger partial charge on any atom is -0.397 e. The summed E-state index contributed by atoms with van der Waals surface area (Å²) in [6.07, 6.45) is 0. The first-order valence-electron chi connectivity index (χ1n) is 5.91. The molecule has 0 aromatic heterocycles. The molecule has 0 saturated heterocycles. The molecule has 7 heteroatoms. The molecule has 0 unspecified atom stereocenters. The molecule has 0 aliphatic rings. The Balaban J connectivity index is 2.53. The fourth-order valence-electron chi connectivity index (χ4n) is 1.83. The normalized spacial score (nSPS) is 10.9. The third-order valence-corrected chi connectivity index (χ3v) is 5.23. The van der Waals surface area contributed by atoms with Gasteiger partial charge in [0, 0.05) is 7.05 Å². The predicted molar refractivity (Wildman–Crippen MR) is 82.6 cm³/mol. The van der Waals surface area contributed by atoms with Gasteiger partial charge in [0.25, 0.3) is 10.0 Å². The second-order valence-electron chi connectivity index (χ2n) is 4.29. The maximum atomic E-state index is 12.6. The highest BCUT2D eigenvalue weighted by Gasteiger charge is 2.25. The van der Waals surface area contributed by atoms with Gasteiger partial charge in [0.05, 0.1) is 28.0 Å². The summed E-state index contributed by atoms with van der Waals surface area (Å²) in [7, 11) is -2.46. The number of nitrogen functional groups attached to an aromatic ring is 1. The molecular formula is C14H12ClN3O2S. The summed E-state index contributed by atoms with van der Waals surface area (Å²) >= 11 is 5.98. The molecule has 2 N–H and O–H groups in total. The summed E-state index contributed by atoms with van der Waals surface area (Å²) < 4.78 is 26.3. The molecule has 0 atom stereocenters. The number of nitriles is 1. The van der Waals surface area contributed by atoms with Crippen LogP contribution in [0, 0.1) is 11.3 Å². The van der Waals surface area contributed by atoms with Crippen LogP contribution in [0.15, 0.2) is 47.4 Å². The third-order valence-electron chi connectivity index (χ3n) is 2.98. The van der Waals surface area contributed by atoms with Gasteiger partial charge in [0.1, 0.15) is 4.90 Å². The van der Waals surface area contributed by atoms with Crippen LogP contribution in [-0.2, 0) is 10.0 Å². The Hall–Kier alpha value is -2.23. The van der Waals surface area contributed by atoms with E-state index in [9.17, 15) is 8.42 Å². The summed E-state index contributed by atoms with van der Waals surface area (Å²) in [6.45, 7) is 0. The SMILES string of the molecule is CN(c1ccccc1N)S(=O)(=O)c1ccc(C#N)cc1Cl. The molecule has 0 aliphatic carbocycles. The number of sulfonamides is 1. The number of nitrogens with zero attached hydrogens (tertiary/aromatic N) is 2. The van der Waals surface area contributed by atoms with Gasteiger partial charge in [0.15, 0.2) is 0 Å². The Kier molecular flexibility index (Phi) is 4.07. The van der Waals surface area contributed by atoms with Crippen molar-refractivity contribution >= 4 is 33.0 Å². The molecule has 0 spiro atoms. The topological polar surface area (TPSA) is 87.2 Å². The first kappa shape index (κ1) is 15.2. The zero-order valence-electron chi connectivity index (χ0n) is 11.1. The average Bonchev–Trinajstić information content (AvgIpc) is 2.46. The van der Waals surface area contributed by atoms with E-state index in [1.165, 1.54) is 25.2 Å². The van der Waals surface area contributed by atoms with Crippen molar-refractivity contribution in [3.05, 3.63) is 53.1 Å². The Labute approximate surface area is 128 Å². The minimum absolute atomic E-state index is 0.00426. The summed E-state index contributed by atoms with van der Waals surface area (Å²) in [6, 6.07) is 12.6. The van der Waals surface area contributed by atoms with E-state index in [0.717, 1.165) is 4.31 Å². The first-order valence-corrected chi connectivity index (χ1v) is 7.73. The van der Waals surface area contributed by atoms with E-state index in [-0.39, 0.29) is 9.92 Å². The molecule has 0 fully saturated rings. The molecule has 0 heterocycles. The van der Waals surface area contributed by atoms with Crippen LogP contribution in [0.3, 0.4) is 0 Å². The van der Waals surface area contributed by atoms with Crippen molar-refractivity contribution in [1.82, 2.24) is 0 Å². The van der Waals surface area contributed by atoms with E-state index in [1.807, 2.05) is 6.07 Å². The highest BCUT2D eigenvalue weighted by atomic mass is 35.5. The van der Waals surface area contributed by atoms with Crippen LogP contribution in [0.5, 0.6) is 0 Å². The summed E-state index contributed by atoms with van der Waals surface area (Å²) in [5, 5.41) is 8.79. The van der Waals surface area contributed by atoms with E-state index in [2.05, 4.69) is 0 Å². The molecule has 2 rings (SSSR count). The zero-order chi connectivity index (χ0) is 15.6. The molecule has 108 valence electrons. The molecule has 0 aliphatic heterocycles. The molecule has 2 aromatic carbocycles. The number of rotatable bonds is 3. The minimum atomic E-state index is -3.86. The maximum absolute atomic E-state index is 12.6. The third kappa shape index (κ3) is 2.79. The molecule has 2 aromatic rings. The van der Waals surface area contributed by atoms with Gasteiger partial charge in [-0.05, 0) is 30.3 Å². The van der Waals surface area contributed by atoms with Crippen LogP contribution in [0.4, 0.5) is 11.4 Å². The van der Waals surface area contributed by atoms with Crippen LogP contribution in [0.1, 0.15) is 5.56 Å². The van der Waals surface area contributed by atoms with Crippen LogP contribution in [-0.4, -0.2) is 15.5 Å². The smallest absolute Gasteiger partial charge is 0.265 e. The van der Waals surface area contributed by atoms with Gasteiger partial charge >= 0.3 is 0 Å². The van der Waals surface area contributed by atoms with Crippen molar-refractivity contribution in [2.24, 2.45) is 0 Å². The predicted octanol–water partition coefficient (Wildman–Crippen LogP) is 2.62. The number of para-hydroxylation sites is 2. The quantitative estimate of drug-likeness (QED) is 0.880. The lowest BCUT2D eigenvalue weighted by atomic mass is 10.2. The standard InChI is InChI=1S/C14H12ClN3O2S/c1-18(13-5-3-2-4-12(13)17)21(19,20)14-7-6-10(9-16)8-11(14)15/h2-8H,17H2,1H3. The van der Waals surface area contributed by atoms with Gasteiger partial charge in [-0.2, -0.15) is 5.26 Å². The summed E-state index contributed by atoms with van der Waals surface area (Å²) in [4.78, 5) is -0.0751. The Morgan fingerprint density at radius 2 is 1.90 bits per heavy atom. The second-order valence-corrected chi connectivity index (χ2v) is 6.63. The van der Waals surface area contributed by atoms with Gasteiger partial charge < -0.3 is 5.73 Å². The fourth-order valence-corrected chi connectivity index (χ4v) is 3.57. The number of anilines is 2. The second kappa shape index (κ2) is 5.64. The van der Waals surface area contributed by atoms with Crippen molar-refractivity contribution < 1.29 is 8.42 Å². The lowest BCUT2D eigenvalue weighted by molar-refractivity contribution is 0.594. The monoisotopic (exact) mass is 321 g/mol. The molecule has 0 bridgehead atoms. The first-order chi connectivity index (χ1) is 9.87. The Morgan fingerprint density at radius 3 is 2.48 bits per heavy atom. The Morgan fingerprint density at radius 1 is 1.24 bits per heavy atom. The zero-order valence-corrected chi connectivity index (χ0v) is 12.7. The van der Waals surface area contributed by atoms with E-state index in [0.29, 0.717) is 16.9 Å². The molecule has 5 nitrogen and oxygen atoms in total. The Bertz CT molecular complexity index is 828. The van der Waals surface area contributed by atoms with E-state index in [1.54, 1.807) is 24.3 Å². The molecular weight excluding hydrogens is 310 g/mol. The van der Waals surface area contributed by atoms with Gasteiger partial charge in [-0.25, -0.2) is 8.42 Å². The lowest BCUT2D eigenvalue weighted by Gasteiger charge is -2.21. The molecule has 0 amide bonds. The highest BCUT2D eigenvalue weighted by molar-refractivity contribution is 7.93. The number of halogens is 1. The van der Waals surface area contributed by atoms with Crippen molar-refractivity contribution in [3.63, 3.8) is 0 Å². The lowest BCUT2D eigenvalue weighted by Crippen LogP contribution is -2.27. The number of hydrogen-bond acceptors (Lipinski definition) is 4. The van der Waals surface area contributed by atoms with Gasteiger partial charge in [-0.1, -0.05) is 23.7 Å². The van der Waals surface area contributed by atoms with Crippen LogP contribution in [0.25, 0.3) is 0 Å².